The molecular formula is C18H20FN3O3. The van der Waals surface area contributed by atoms with Crippen molar-refractivity contribution in [2.45, 2.75) is 19.3 Å². The Morgan fingerprint density at radius 3 is 2.84 bits per heavy atom. The van der Waals surface area contributed by atoms with Crippen LogP contribution in [0.1, 0.15) is 18.5 Å². The number of benzene rings is 1. The smallest absolute Gasteiger partial charge is 0.307 e. The van der Waals surface area contributed by atoms with Crippen LogP contribution >= 0.6 is 0 Å². The molecule has 2 aromatic rings. The van der Waals surface area contributed by atoms with Crippen LogP contribution in [0.5, 0.6) is 0 Å². The van der Waals surface area contributed by atoms with Gasteiger partial charge in [0.1, 0.15) is 5.82 Å². The maximum absolute atomic E-state index is 13.3. The number of H-pyrrole nitrogens is 1. The van der Waals surface area contributed by atoms with Crippen molar-refractivity contribution in [3.8, 4) is 11.3 Å². The normalized spacial score (nSPS) is 18.8. The number of halogens is 1. The number of carboxylic acid groups (broad SMARTS) is 1. The van der Waals surface area contributed by atoms with E-state index < -0.39 is 11.9 Å². The van der Waals surface area contributed by atoms with Crippen LogP contribution in [-0.2, 0) is 16.0 Å². The number of aromatic amines is 1. The third-order valence-corrected chi connectivity index (χ3v) is 4.49. The number of aliphatic carboxylic acids is 1. The lowest BCUT2D eigenvalue weighted by Gasteiger charge is -2.16. The standard InChI is InChI=1S/C18H20FN3O3/c1-22(17(23)14-10-15(14)18(24)25)7-3-6-13-9-16(21-20-13)11-4-2-5-12(19)8-11/h2,4-5,8-9,14-15H,3,6-7,10H2,1H3,(H,20,21)(H,24,25). The van der Waals surface area contributed by atoms with Gasteiger partial charge in [-0.25, -0.2) is 4.39 Å². The number of hydrogen-bond acceptors (Lipinski definition) is 3. The van der Waals surface area contributed by atoms with Gasteiger partial charge in [0.25, 0.3) is 0 Å². The number of nitrogens with zero attached hydrogens (tertiary/aromatic N) is 2. The molecule has 2 N–H and O–H groups in total. The lowest BCUT2D eigenvalue weighted by atomic mass is 10.1. The first-order valence-corrected chi connectivity index (χ1v) is 8.23. The van der Waals surface area contributed by atoms with E-state index in [0.717, 1.165) is 12.1 Å². The molecule has 0 aliphatic heterocycles. The fourth-order valence-electron chi connectivity index (χ4n) is 2.93. The zero-order valence-corrected chi connectivity index (χ0v) is 13.9. The van der Waals surface area contributed by atoms with Gasteiger partial charge in [0.15, 0.2) is 0 Å². The molecule has 1 amide bonds. The van der Waals surface area contributed by atoms with E-state index in [1.807, 2.05) is 6.07 Å². The van der Waals surface area contributed by atoms with E-state index in [1.54, 1.807) is 24.1 Å². The highest BCUT2D eigenvalue weighted by Gasteiger charge is 2.49. The fourth-order valence-corrected chi connectivity index (χ4v) is 2.93. The predicted molar refractivity (Wildman–Crippen MR) is 89.2 cm³/mol. The number of aromatic nitrogens is 2. The highest BCUT2D eigenvalue weighted by Crippen LogP contribution is 2.39. The molecule has 1 aliphatic carbocycles. The summed E-state index contributed by atoms with van der Waals surface area (Å²) in [5.41, 5.74) is 2.30. The van der Waals surface area contributed by atoms with Crippen molar-refractivity contribution in [1.29, 1.82) is 0 Å². The van der Waals surface area contributed by atoms with Gasteiger partial charge < -0.3 is 10.0 Å². The lowest BCUT2D eigenvalue weighted by Crippen LogP contribution is -2.30. The minimum absolute atomic E-state index is 0.0996. The summed E-state index contributed by atoms with van der Waals surface area (Å²) in [4.78, 5) is 24.5. The quantitative estimate of drug-likeness (QED) is 0.806. The van der Waals surface area contributed by atoms with Crippen molar-refractivity contribution in [3.05, 3.63) is 41.8 Å². The highest BCUT2D eigenvalue weighted by atomic mass is 19.1. The Bertz CT molecular complexity index is 789. The van der Waals surface area contributed by atoms with Gasteiger partial charge in [-0.3, -0.25) is 14.7 Å². The molecular weight excluding hydrogens is 325 g/mol. The molecule has 1 saturated carbocycles. The van der Waals surface area contributed by atoms with Crippen LogP contribution in [0.2, 0.25) is 0 Å². The average molecular weight is 345 g/mol. The number of carboxylic acids is 1. The molecule has 1 aromatic carbocycles. The van der Waals surface area contributed by atoms with E-state index in [1.165, 1.54) is 12.1 Å². The Morgan fingerprint density at radius 1 is 1.36 bits per heavy atom. The average Bonchev–Trinajstić information content (AvgIpc) is 3.26. The molecule has 3 rings (SSSR count). The predicted octanol–water partition coefficient (Wildman–Crippen LogP) is 2.33. The summed E-state index contributed by atoms with van der Waals surface area (Å²) in [5.74, 6) is -2.18. The summed E-state index contributed by atoms with van der Waals surface area (Å²) in [5, 5.41) is 16.0. The molecule has 0 spiro atoms. The molecule has 1 fully saturated rings. The molecule has 6 nitrogen and oxygen atoms in total. The van der Waals surface area contributed by atoms with Crippen LogP contribution in [0.4, 0.5) is 4.39 Å². The summed E-state index contributed by atoms with van der Waals surface area (Å²) in [7, 11) is 1.70. The lowest BCUT2D eigenvalue weighted by molar-refractivity contribution is -0.141. The molecule has 0 saturated heterocycles. The fraction of sp³-hybridized carbons (Fsp3) is 0.389. The van der Waals surface area contributed by atoms with Gasteiger partial charge in [0, 0.05) is 24.8 Å². The minimum Gasteiger partial charge on any atom is -0.481 e. The molecule has 25 heavy (non-hydrogen) atoms. The summed E-state index contributed by atoms with van der Waals surface area (Å²) in [6.45, 7) is 0.552. The summed E-state index contributed by atoms with van der Waals surface area (Å²) >= 11 is 0. The monoisotopic (exact) mass is 345 g/mol. The highest BCUT2D eigenvalue weighted by molar-refractivity contribution is 5.89. The maximum Gasteiger partial charge on any atom is 0.307 e. The van der Waals surface area contributed by atoms with Crippen LogP contribution in [-0.4, -0.2) is 45.7 Å². The topological polar surface area (TPSA) is 86.3 Å². The Balaban J connectivity index is 1.48. The molecule has 7 heteroatoms. The van der Waals surface area contributed by atoms with E-state index in [0.29, 0.717) is 30.6 Å². The number of nitrogens with one attached hydrogen (secondary N) is 1. The van der Waals surface area contributed by atoms with Crippen molar-refractivity contribution in [3.63, 3.8) is 0 Å². The molecule has 0 radical (unpaired) electrons. The van der Waals surface area contributed by atoms with Gasteiger partial charge in [-0.15, -0.1) is 0 Å². The first-order valence-electron chi connectivity index (χ1n) is 8.23. The second-order valence-corrected chi connectivity index (χ2v) is 6.44. The van der Waals surface area contributed by atoms with Gasteiger partial charge in [-0.2, -0.15) is 5.10 Å². The molecule has 1 heterocycles. The molecule has 2 unspecified atom stereocenters. The number of hydrogen-bond donors (Lipinski definition) is 2. The van der Waals surface area contributed by atoms with E-state index >= 15 is 0 Å². The van der Waals surface area contributed by atoms with Crippen LogP contribution in [0.25, 0.3) is 11.3 Å². The van der Waals surface area contributed by atoms with Crippen molar-refractivity contribution in [2.75, 3.05) is 13.6 Å². The van der Waals surface area contributed by atoms with Crippen LogP contribution in [0, 0.1) is 17.7 Å². The van der Waals surface area contributed by atoms with Crippen molar-refractivity contribution in [1.82, 2.24) is 15.1 Å². The Morgan fingerprint density at radius 2 is 2.16 bits per heavy atom. The van der Waals surface area contributed by atoms with Crippen LogP contribution in [0.15, 0.2) is 30.3 Å². The van der Waals surface area contributed by atoms with Gasteiger partial charge in [0.05, 0.1) is 17.5 Å². The molecule has 132 valence electrons. The van der Waals surface area contributed by atoms with Crippen LogP contribution < -0.4 is 0 Å². The van der Waals surface area contributed by atoms with Gasteiger partial charge in [-0.05, 0) is 37.5 Å². The molecule has 2 atom stereocenters. The SMILES string of the molecule is CN(CCCc1cc(-c2cccc(F)c2)n[nH]1)C(=O)C1CC1C(=O)O. The zero-order valence-electron chi connectivity index (χ0n) is 13.9. The maximum atomic E-state index is 13.3. The first-order chi connectivity index (χ1) is 12.0. The van der Waals surface area contributed by atoms with E-state index in [9.17, 15) is 14.0 Å². The van der Waals surface area contributed by atoms with Crippen molar-refractivity contribution in [2.24, 2.45) is 11.8 Å². The van der Waals surface area contributed by atoms with Gasteiger partial charge in [0.2, 0.25) is 5.91 Å². The number of aryl methyl sites for hydroxylation is 1. The van der Waals surface area contributed by atoms with Gasteiger partial charge in [-0.1, -0.05) is 12.1 Å². The minimum atomic E-state index is -0.894. The Hall–Kier alpha value is -2.70. The first kappa shape index (κ1) is 17.1. The summed E-state index contributed by atoms with van der Waals surface area (Å²) in [6, 6.07) is 8.13. The van der Waals surface area contributed by atoms with E-state index in [2.05, 4.69) is 10.2 Å². The van der Waals surface area contributed by atoms with E-state index in [-0.39, 0.29) is 17.6 Å². The molecule has 1 aromatic heterocycles. The summed E-state index contributed by atoms with van der Waals surface area (Å²) in [6.07, 6.45) is 1.88. The van der Waals surface area contributed by atoms with Crippen LogP contribution in [0.3, 0.4) is 0 Å². The molecule has 0 bridgehead atoms. The number of carbonyl (C=O) groups excluding carboxylic acids is 1. The third-order valence-electron chi connectivity index (χ3n) is 4.49. The van der Waals surface area contributed by atoms with E-state index in [4.69, 9.17) is 5.11 Å². The second kappa shape index (κ2) is 7.04. The van der Waals surface area contributed by atoms with Crippen molar-refractivity contribution < 1.29 is 19.1 Å². The number of carbonyl (C=O) groups is 2. The Kier molecular flexibility index (Phi) is 4.83. The molecule has 1 aliphatic rings. The largest absolute Gasteiger partial charge is 0.481 e. The summed E-state index contributed by atoms with van der Waals surface area (Å²) < 4.78 is 13.3. The number of rotatable bonds is 7. The zero-order chi connectivity index (χ0) is 18.0. The third kappa shape index (κ3) is 4.04. The number of amides is 1. The second-order valence-electron chi connectivity index (χ2n) is 6.44. The van der Waals surface area contributed by atoms with Gasteiger partial charge >= 0.3 is 5.97 Å². The Labute approximate surface area is 144 Å². The van der Waals surface area contributed by atoms with Crippen molar-refractivity contribution >= 4 is 11.9 Å².